The van der Waals surface area contributed by atoms with Crippen LogP contribution in [0.3, 0.4) is 0 Å². The number of Topliss-reactive ketones (excluding diaryl/α,β-unsaturated/α-hetero) is 1. The Bertz CT molecular complexity index is 632. The number of aromatic nitrogens is 2. The molecule has 0 bridgehead atoms. The van der Waals surface area contributed by atoms with E-state index in [9.17, 15) is 9.59 Å². The Morgan fingerprint density at radius 2 is 1.90 bits per heavy atom. The number of rotatable bonds is 4. The molecule has 1 aromatic heterocycles. The van der Waals surface area contributed by atoms with Crippen LogP contribution in [-0.2, 0) is 0 Å². The molecule has 0 saturated heterocycles. The van der Waals surface area contributed by atoms with Gasteiger partial charge in [0.25, 0.3) is 5.91 Å². The Kier molecular flexibility index (Phi) is 3.98. The summed E-state index contributed by atoms with van der Waals surface area (Å²) in [6.45, 7) is 3.42. The average molecular weight is 271 g/mol. The lowest BCUT2D eigenvalue weighted by atomic mass is 10.1. The SMILES string of the molecule is CNC(=O)c1cc(C(C)=O)n(C(C)c2ccccc2)n1. The standard InChI is InChI=1S/C15H17N3O2/c1-10(12-7-5-4-6-8-12)18-14(11(2)19)9-13(17-18)15(20)16-3/h4-10H,1-3H3,(H,16,20). The van der Waals surface area contributed by atoms with Crippen LogP contribution in [0.15, 0.2) is 36.4 Å². The molecule has 0 saturated carbocycles. The molecule has 5 heteroatoms. The van der Waals surface area contributed by atoms with Crippen LogP contribution in [0.4, 0.5) is 0 Å². The fourth-order valence-corrected chi connectivity index (χ4v) is 2.06. The highest BCUT2D eigenvalue weighted by molar-refractivity contribution is 5.97. The normalized spacial score (nSPS) is 11.9. The van der Waals surface area contributed by atoms with Gasteiger partial charge in [0.1, 0.15) is 5.69 Å². The lowest BCUT2D eigenvalue weighted by Crippen LogP contribution is -2.19. The molecule has 20 heavy (non-hydrogen) atoms. The number of amides is 1. The molecule has 1 N–H and O–H groups in total. The molecule has 5 nitrogen and oxygen atoms in total. The number of ketones is 1. The molecule has 2 aromatic rings. The fraction of sp³-hybridized carbons (Fsp3) is 0.267. The molecule has 0 aliphatic heterocycles. The van der Waals surface area contributed by atoms with E-state index < -0.39 is 0 Å². The number of carbonyl (C=O) groups is 2. The summed E-state index contributed by atoms with van der Waals surface area (Å²) in [5.41, 5.74) is 1.71. The number of carbonyl (C=O) groups excluding carboxylic acids is 2. The lowest BCUT2D eigenvalue weighted by molar-refractivity contribution is 0.0955. The van der Waals surface area contributed by atoms with Crippen LogP contribution in [0.1, 0.15) is 46.4 Å². The first kappa shape index (κ1) is 14.0. The predicted molar refractivity (Wildman–Crippen MR) is 75.9 cm³/mol. The molecule has 0 spiro atoms. The van der Waals surface area contributed by atoms with E-state index in [4.69, 9.17) is 0 Å². The van der Waals surface area contributed by atoms with Gasteiger partial charge in [-0.05, 0) is 12.5 Å². The number of benzene rings is 1. The van der Waals surface area contributed by atoms with E-state index in [-0.39, 0.29) is 23.4 Å². The number of nitrogens with one attached hydrogen (secondary N) is 1. The maximum absolute atomic E-state index is 11.7. The van der Waals surface area contributed by atoms with E-state index in [1.165, 1.54) is 20.0 Å². The maximum atomic E-state index is 11.7. The minimum Gasteiger partial charge on any atom is -0.354 e. The predicted octanol–water partition coefficient (Wildman–Crippen LogP) is 2.05. The second kappa shape index (κ2) is 5.69. The molecular formula is C15H17N3O2. The van der Waals surface area contributed by atoms with Crippen molar-refractivity contribution in [2.24, 2.45) is 0 Å². The summed E-state index contributed by atoms with van der Waals surface area (Å²) in [6.07, 6.45) is 0. The van der Waals surface area contributed by atoms with Crippen molar-refractivity contribution in [1.29, 1.82) is 0 Å². The highest BCUT2D eigenvalue weighted by atomic mass is 16.2. The molecule has 1 atom stereocenters. The van der Waals surface area contributed by atoms with Gasteiger partial charge in [0.15, 0.2) is 11.5 Å². The lowest BCUT2D eigenvalue weighted by Gasteiger charge is -2.14. The third-order valence-electron chi connectivity index (χ3n) is 3.20. The highest BCUT2D eigenvalue weighted by Crippen LogP contribution is 2.20. The van der Waals surface area contributed by atoms with E-state index in [0.717, 1.165) is 5.56 Å². The van der Waals surface area contributed by atoms with Crippen molar-refractivity contribution < 1.29 is 9.59 Å². The molecule has 0 aliphatic rings. The summed E-state index contributed by atoms with van der Waals surface area (Å²) < 4.78 is 1.60. The van der Waals surface area contributed by atoms with Crippen molar-refractivity contribution in [3.63, 3.8) is 0 Å². The summed E-state index contributed by atoms with van der Waals surface area (Å²) in [5.74, 6) is -0.415. The Balaban J connectivity index is 2.47. The smallest absolute Gasteiger partial charge is 0.271 e. The van der Waals surface area contributed by atoms with Gasteiger partial charge < -0.3 is 5.32 Å². The van der Waals surface area contributed by atoms with Crippen LogP contribution in [-0.4, -0.2) is 28.5 Å². The minimum atomic E-state index is -0.300. The van der Waals surface area contributed by atoms with Crippen LogP contribution in [0.5, 0.6) is 0 Å². The van der Waals surface area contributed by atoms with Gasteiger partial charge in [0.2, 0.25) is 0 Å². The van der Waals surface area contributed by atoms with Gasteiger partial charge in [-0.3, -0.25) is 14.3 Å². The van der Waals surface area contributed by atoms with Crippen LogP contribution < -0.4 is 5.32 Å². The second-order valence-electron chi connectivity index (χ2n) is 4.58. The molecule has 2 rings (SSSR count). The summed E-state index contributed by atoms with van der Waals surface area (Å²) in [6, 6.07) is 11.1. The first-order valence-electron chi connectivity index (χ1n) is 6.42. The summed E-state index contributed by atoms with van der Waals surface area (Å²) in [7, 11) is 1.54. The van der Waals surface area contributed by atoms with Gasteiger partial charge in [-0.2, -0.15) is 5.10 Å². The van der Waals surface area contributed by atoms with Gasteiger partial charge in [0, 0.05) is 20.0 Å². The first-order valence-corrected chi connectivity index (χ1v) is 6.42. The Labute approximate surface area is 117 Å². The zero-order chi connectivity index (χ0) is 14.7. The summed E-state index contributed by atoms with van der Waals surface area (Å²) in [5, 5.41) is 6.78. The molecule has 1 aromatic carbocycles. The molecule has 1 heterocycles. The molecule has 0 aliphatic carbocycles. The zero-order valence-corrected chi connectivity index (χ0v) is 11.8. The van der Waals surface area contributed by atoms with Gasteiger partial charge in [-0.1, -0.05) is 30.3 Å². The van der Waals surface area contributed by atoms with Crippen LogP contribution in [0, 0.1) is 0 Å². The summed E-state index contributed by atoms with van der Waals surface area (Å²) >= 11 is 0. The van der Waals surface area contributed by atoms with Crippen molar-refractivity contribution >= 4 is 11.7 Å². The minimum absolute atomic E-state index is 0.115. The Morgan fingerprint density at radius 3 is 2.45 bits per heavy atom. The van der Waals surface area contributed by atoms with Gasteiger partial charge in [-0.15, -0.1) is 0 Å². The monoisotopic (exact) mass is 271 g/mol. The molecule has 1 amide bonds. The van der Waals surface area contributed by atoms with E-state index in [1.807, 2.05) is 37.3 Å². The summed E-state index contributed by atoms with van der Waals surface area (Å²) in [4.78, 5) is 23.4. The first-order chi connectivity index (χ1) is 9.54. The van der Waals surface area contributed by atoms with Gasteiger partial charge in [0.05, 0.1) is 6.04 Å². The third-order valence-corrected chi connectivity index (χ3v) is 3.20. The van der Waals surface area contributed by atoms with E-state index in [0.29, 0.717) is 5.69 Å². The third kappa shape index (κ3) is 2.61. The largest absolute Gasteiger partial charge is 0.354 e. The quantitative estimate of drug-likeness (QED) is 0.866. The number of nitrogens with zero attached hydrogens (tertiary/aromatic N) is 2. The van der Waals surface area contributed by atoms with Gasteiger partial charge in [-0.25, -0.2) is 0 Å². The number of hydrogen-bond acceptors (Lipinski definition) is 3. The van der Waals surface area contributed by atoms with Crippen LogP contribution >= 0.6 is 0 Å². The number of hydrogen-bond donors (Lipinski definition) is 1. The second-order valence-corrected chi connectivity index (χ2v) is 4.58. The van der Waals surface area contributed by atoms with Crippen molar-refractivity contribution in [2.45, 2.75) is 19.9 Å². The van der Waals surface area contributed by atoms with E-state index >= 15 is 0 Å². The van der Waals surface area contributed by atoms with Gasteiger partial charge >= 0.3 is 0 Å². The average Bonchev–Trinajstić information content (AvgIpc) is 2.92. The Morgan fingerprint density at radius 1 is 1.25 bits per heavy atom. The van der Waals surface area contributed by atoms with Crippen molar-refractivity contribution in [3.05, 3.63) is 53.3 Å². The molecule has 0 radical (unpaired) electrons. The van der Waals surface area contributed by atoms with Crippen molar-refractivity contribution in [3.8, 4) is 0 Å². The molecule has 1 unspecified atom stereocenters. The van der Waals surface area contributed by atoms with Crippen LogP contribution in [0.25, 0.3) is 0 Å². The zero-order valence-electron chi connectivity index (χ0n) is 11.8. The highest BCUT2D eigenvalue weighted by Gasteiger charge is 2.20. The van der Waals surface area contributed by atoms with E-state index in [1.54, 1.807) is 4.68 Å². The fourth-order valence-electron chi connectivity index (χ4n) is 2.06. The Hall–Kier alpha value is -2.43. The molecule has 0 fully saturated rings. The van der Waals surface area contributed by atoms with Crippen molar-refractivity contribution in [2.75, 3.05) is 7.05 Å². The van der Waals surface area contributed by atoms with Crippen LogP contribution in [0.2, 0.25) is 0 Å². The van der Waals surface area contributed by atoms with E-state index in [2.05, 4.69) is 10.4 Å². The maximum Gasteiger partial charge on any atom is 0.271 e. The molecule has 104 valence electrons. The van der Waals surface area contributed by atoms with Crippen molar-refractivity contribution in [1.82, 2.24) is 15.1 Å². The topological polar surface area (TPSA) is 64.0 Å². The molecular weight excluding hydrogens is 254 g/mol.